The molecule has 0 aromatic rings. The molecule has 1 saturated carbocycles. The van der Waals surface area contributed by atoms with Crippen molar-refractivity contribution >= 4 is 5.91 Å². The SMILES string of the molecule is CN1CCN(CCCNC(=O)C2CCC(CN)CC2)CC1. The van der Waals surface area contributed by atoms with Crippen LogP contribution in [0.4, 0.5) is 0 Å². The van der Waals surface area contributed by atoms with Crippen molar-refractivity contribution in [2.24, 2.45) is 17.6 Å². The van der Waals surface area contributed by atoms with Crippen molar-refractivity contribution < 1.29 is 4.79 Å². The summed E-state index contributed by atoms with van der Waals surface area (Å²) >= 11 is 0. The number of carbonyl (C=O) groups is 1. The quantitative estimate of drug-likeness (QED) is 0.701. The number of nitrogens with one attached hydrogen (secondary N) is 1. The predicted molar refractivity (Wildman–Crippen MR) is 86.1 cm³/mol. The first kappa shape index (κ1) is 16.7. The molecule has 2 fully saturated rings. The molecule has 0 unspecified atom stereocenters. The van der Waals surface area contributed by atoms with Gasteiger partial charge in [0.05, 0.1) is 0 Å². The van der Waals surface area contributed by atoms with Crippen LogP contribution >= 0.6 is 0 Å². The van der Waals surface area contributed by atoms with Crippen molar-refractivity contribution in [3.8, 4) is 0 Å². The van der Waals surface area contributed by atoms with Crippen molar-refractivity contribution in [3.63, 3.8) is 0 Å². The predicted octanol–water partition coefficient (Wildman–Crippen LogP) is 0.505. The minimum Gasteiger partial charge on any atom is -0.356 e. The summed E-state index contributed by atoms with van der Waals surface area (Å²) in [7, 11) is 2.18. The summed E-state index contributed by atoms with van der Waals surface area (Å²) in [6, 6.07) is 0. The van der Waals surface area contributed by atoms with Crippen LogP contribution in [0.2, 0.25) is 0 Å². The van der Waals surface area contributed by atoms with E-state index in [9.17, 15) is 4.79 Å². The standard InChI is InChI=1S/C16H32N4O/c1-19-9-11-20(12-10-19)8-2-7-18-16(21)15-5-3-14(13-17)4-6-15/h14-15H,2-13,17H2,1H3,(H,18,21). The fraction of sp³-hybridized carbons (Fsp3) is 0.938. The Morgan fingerprint density at radius 1 is 1.14 bits per heavy atom. The van der Waals surface area contributed by atoms with Gasteiger partial charge in [0.15, 0.2) is 0 Å². The van der Waals surface area contributed by atoms with Gasteiger partial charge >= 0.3 is 0 Å². The van der Waals surface area contributed by atoms with Gasteiger partial charge in [0, 0.05) is 38.6 Å². The maximum atomic E-state index is 12.1. The topological polar surface area (TPSA) is 61.6 Å². The molecule has 0 radical (unpaired) electrons. The van der Waals surface area contributed by atoms with Crippen LogP contribution in [0.25, 0.3) is 0 Å². The molecule has 0 bridgehead atoms. The zero-order valence-corrected chi connectivity index (χ0v) is 13.5. The Kier molecular flexibility index (Phi) is 6.93. The van der Waals surface area contributed by atoms with Crippen LogP contribution in [0, 0.1) is 11.8 Å². The molecule has 2 aliphatic rings. The molecule has 21 heavy (non-hydrogen) atoms. The monoisotopic (exact) mass is 296 g/mol. The number of amides is 1. The van der Waals surface area contributed by atoms with E-state index >= 15 is 0 Å². The Bertz CT molecular complexity index is 307. The highest BCUT2D eigenvalue weighted by Crippen LogP contribution is 2.28. The molecule has 5 nitrogen and oxygen atoms in total. The minimum atomic E-state index is 0.233. The molecule has 3 N–H and O–H groups in total. The lowest BCUT2D eigenvalue weighted by Crippen LogP contribution is -2.45. The lowest BCUT2D eigenvalue weighted by molar-refractivity contribution is -0.126. The number of rotatable bonds is 6. The summed E-state index contributed by atoms with van der Waals surface area (Å²) < 4.78 is 0. The van der Waals surface area contributed by atoms with E-state index in [-0.39, 0.29) is 11.8 Å². The summed E-state index contributed by atoms with van der Waals surface area (Å²) in [5.41, 5.74) is 5.69. The van der Waals surface area contributed by atoms with Crippen LogP contribution in [0.15, 0.2) is 0 Å². The molecule has 1 amide bonds. The van der Waals surface area contributed by atoms with E-state index < -0.39 is 0 Å². The second-order valence-corrected chi connectivity index (χ2v) is 6.74. The number of hydrogen-bond donors (Lipinski definition) is 2. The maximum Gasteiger partial charge on any atom is 0.223 e. The average Bonchev–Trinajstić information content (AvgIpc) is 2.53. The van der Waals surface area contributed by atoms with Gasteiger partial charge in [-0.2, -0.15) is 0 Å². The van der Waals surface area contributed by atoms with Crippen LogP contribution in [-0.2, 0) is 4.79 Å². The van der Waals surface area contributed by atoms with E-state index in [4.69, 9.17) is 5.73 Å². The highest BCUT2D eigenvalue weighted by molar-refractivity contribution is 5.78. The fourth-order valence-corrected chi connectivity index (χ4v) is 3.39. The third kappa shape index (κ3) is 5.57. The second-order valence-electron chi connectivity index (χ2n) is 6.74. The van der Waals surface area contributed by atoms with Gasteiger partial charge in [-0.1, -0.05) is 0 Å². The van der Waals surface area contributed by atoms with Gasteiger partial charge in [0.2, 0.25) is 5.91 Å². The molecule has 0 spiro atoms. The van der Waals surface area contributed by atoms with Gasteiger partial charge in [-0.3, -0.25) is 4.79 Å². The smallest absolute Gasteiger partial charge is 0.223 e. The first-order valence-corrected chi connectivity index (χ1v) is 8.57. The van der Waals surface area contributed by atoms with Crippen molar-refractivity contribution in [1.29, 1.82) is 0 Å². The Balaban J connectivity index is 1.53. The summed E-state index contributed by atoms with van der Waals surface area (Å²) in [6.45, 7) is 7.35. The first-order valence-electron chi connectivity index (χ1n) is 8.57. The third-order valence-electron chi connectivity index (χ3n) is 5.10. The van der Waals surface area contributed by atoms with Crippen LogP contribution in [0.3, 0.4) is 0 Å². The molecule has 0 aromatic carbocycles. The van der Waals surface area contributed by atoms with E-state index in [2.05, 4.69) is 22.2 Å². The summed E-state index contributed by atoms with van der Waals surface area (Å²) in [5, 5.41) is 3.13. The van der Waals surface area contributed by atoms with Gasteiger partial charge in [-0.05, 0) is 58.2 Å². The van der Waals surface area contributed by atoms with Crippen LogP contribution in [0.5, 0.6) is 0 Å². The summed E-state index contributed by atoms with van der Waals surface area (Å²) in [5.74, 6) is 1.14. The zero-order chi connectivity index (χ0) is 15.1. The van der Waals surface area contributed by atoms with Gasteiger partial charge < -0.3 is 20.9 Å². The van der Waals surface area contributed by atoms with Gasteiger partial charge in [0.1, 0.15) is 0 Å². The number of likely N-dealkylation sites (N-methyl/N-ethyl adjacent to an activating group) is 1. The van der Waals surface area contributed by atoms with E-state index in [0.717, 1.165) is 77.9 Å². The van der Waals surface area contributed by atoms with Crippen molar-refractivity contribution in [1.82, 2.24) is 15.1 Å². The molecular formula is C16H32N4O. The van der Waals surface area contributed by atoms with Gasteiger partial charge in [0.25, 0.3) is 0 Å². The fourth-order valence-electron chi connectivity index (χ4n) is 3.39. The molecule has 0 atom stereocenters. The largest absolute Gasteiger partial charge is 0.356 e. The Labute approximate surface area is 129 Å². The average molecular weight is 296 g/mol. The van der Waals surface area contributed by atoms with Gasteiger partial charge in [-0.15, -0.1) is 0 Å². The normalized spacial score (nSPS) is 28.5. The highest BCUT2D eigenvalue weighted by atomic mass is 16.1. The van der Waals surface area contributed by atoms with Crippen molar-refractivity contribution in [2.45, 2.75) is 32.1 Å². The Morgan fingerprint density at radius 2 is 1.81 bits per heavy atom. The van der Waals surface area contributed by atoms with Gasteiger partial charge in [-0.25, -0.2) is 0 Å². The van der Waals surface area contributed by atoms with E-state index in [1.807, 2.05) is 0 Å². The Hall–Kier alpha value is -0.650. The van der Waals surface area contributed by atoms with E-state index in [0.29, 0.717) is 5.92 Å². The number of piperazine rings is 1. The Morgan fingerprint density at radius 3 is 2.43 bits per heavy atom. The molecule has 1 heterocycles. The van der Waals surface area contributed by atoms with E-state index in [1.54, 1.807) is 0 Å². The summed E-state index contributed by atoms with van der Waals surface area (Å²) in [4.78, 5) is 17.0. The molecular weight excluding hydrogens is 264 g/mol. The second kappa shape index (κ2) is 8.71. The van der Waals surface area contributed by atoms with Crippen molar-refractivity contribution in [3.05, 3.63) is 0 Å². The highest BCUT2D eigenvalue weighted by Gasteiger charge is 2.25. The summed E-state index contributed by atoms with van der Waals surface area (Å²) in [6.07, 6.45) is 5.34. The molecule has 1 saturated heterocycles. The number of carbonyl (C=O) groups excluding carboxylic acids is 1. The molecule has 2 rings (SSSR count). The zero-order valence-electron chi connectivity index (χ0n) is 13.5. The first-order chi connectivity index (χ1) is 10.2. The molecule has 122 valence electrons. The lowest BCUT2D eigenvalue weighted by atomic mass is 9.81. The minimum absolute atomic E-state index is 0.233. The van der Waals surface area contributed by atoms with Crippen LogP contribution in [0.1, 0.15) is 32.1 Å². The lowest BCUT2D eigenvalue weighted by Gasteiger charge is -2.32. The van der Waals surface area contributed by atoms with Crippen LogP contribution in [-0.4, -0.2) is 68.6 Å². The molecule has 1 aliphatic heterocycles. The molecule has 1 aliphatic carbocycles. The third-order valence-corrected chi connectivity index (χ3v) is 5.10. The maximum absolute atomic E-state index is 12.1. The number of nitrogens with zero attached hydrogens (tertiary/aromatic N) is 2. The number of nitrogens with two attached hydrogens (primary N) is 1. The van der Waals surface area contributed by atoms with Crippen molar-refractivity contribution in [2.75, 3.05) is 52.9 Å². The van der Waals surface area contributed by atoms with E-state index in [1.165, 1.54) is 0 Å². The molecule has 0 aromatic heterocycles. The number of hydrogen-bond acceptors (Lipinski definition) is 4. The van der Waals surface area contributed by atoms with Crippen LogP contribution < -0.4 is 11.1 Å². The molecule has 5 heteroatoms.